The molecule has 1 aromatic carbocycles. The van der Waals surface area contributed by atoms with E-state index >= 15 is 0 Å². The summed E-state index contributed by atoms with van der Waals surface area (Å²) in [6.45, 7) is 15.7. The summed E-state index contributed by atoms with van der Waals surface area (Å²) in [5.74, 6) is 0. The Hall–Kier alpha value is -1.55. The molecular formula is C21H34N2O2. The van der Waals surface area contributed by atoms with Gasteiger partial charge in [0.05, 0.1) is 0 Å². The number of ether oxygens (including phenoxy) is 1. The van der Waals surface area contributed by atoms with E-state index in [1.165, 1.54) is 16.7 Å². The van der Waals surface area contributed by atoms with Gasteiger partial charge in [-0.1, -0.05) is 25.1 Å². The first-order valence-electron chi connectivity index (χ1n) is 9.33. The van der Waals surface area contributed by atoms with Crippen molar-refractivity contribution in [3.63, 3.8) is 0 Å². The maximum Gasteiger partial charge on any atom is 0.410 e. The second-order valence-corrected chi connectivity index (χ2v) is 8.79. The molecular weight excluding hydrogens is 312 g/mol. The van der Waals surface area contributed by atoms with Gasteiger partial charge in [-0.05, 0) is 69.6 Å². The van der Waals surface area contributed by atoms with Crippen molar-refractivity contribution in [2.24, 2.45) is 5.41 Å². The van der Waals surface area contributed by atoms with Crippen molar-refractivity contribution in [2.75, 3.05) is 19.6 Å². The van der Waals surface area contributed by atoms with E-state index < -0.39 is 5.60 Å². The highest BCUT2D eigenvalue weighted by Crippen LogP contribution is 2.30. The Morgan fingerprint density at radius 2 is 1.92 bits per heavy atom. The van der Waals surface area contributed by atoms with Gasteiger partial charge in [0.25, 0.3) is 0 Å². The molecule has 1 atom stereocenters. The van der Waals surface area contributed by atoms with Crippen molar-refractivity contribution >= 4 is 6.09 Å². The van der Waals surface area contributed by atoms with E-state index in [2.05, 4.69) is 44.3 Å². The zero-order valence-corrected chi connectivity index (χ0v) is 16.7. The van der Waals surface area contributed by atoms with Crippen molar-refractivity contribution in [3.8, 4) is 0 Å². The third-order valence-corrected chi connectivity index (χ3v) is 4.93. The molecule has 1 aliphatic rings. The minimum Gasteiger partial charge on any atom is -0.444 e. The van der Waals surface area contributed by atoms with Crippen molar-refractivity contribution in [1.29, 1.82) is 0 Å². The molecule has 0 spiro atoms. The Morgan fingerprint density at radius 1 is 1.28 bits per heavy atom. The van der Waals surface area contributed by atoms with E-state index in [1.807, 2.05) is 25.7 Å². The number of rotatable bonds is 4. The van der Waals surface area contributed by atoms with Crippen LogP contribution in [0.2, 0.25) is 0 Å². The molecule has 1 heterocycles. The molecule has 1 unspecified atom stereocenters. The normalized spacial score (nSPS) is 21.3. The number of piperidine rings is 1. The Labute approximate surface area is 152 Å². The molecule has 1 aromatic rings. The van der Waals surface area contributed by atoms with Gasteiger partial charge >= 0.3 is 6.09 Å². The molecule has 140 valence electrons. The lowest BCUT2D eigenvalue weighted by Gasteiger charge is -2.41. The molecule has 1 N–H and O–H groups in total. The van der Waals surface area contributed by atoms with Gasteiger partial charge in [-0.3, -0.25) is 0 Å². The van der Waals surface area contributed by atoms with Crippen LogP contribution in [0, 0.1) is 19.3 Å². The van der Waals surface area contributed by atoms with Crippen LogP contribution in [-0.2, 0) is 11.3 Å². The maximum absolute atomic E-state index is 12.4. The summed E-state index contributed by atoms with van der Waals surface area (Å²) in [6, 6.07) is 6.43. The predicted molar refractivity (Wildman–Crippen MR) is 103 cm³/mol. The van der Waals surface area contributed by atoms with Gasteiger partial charge in [-0.25, -0.2) is 4.79 Å². The quantitative estimate of drug-likeness (QED) is 0.877. The third kappa shape index (κ3) is 5.74. The van der Waals surface area contributed by atoms with Crippen molar-refractivity contribution in [3.05, 3.63) is 34.9 Å². The molecule has 0 aliphatic carbocycles. The van der Waals surface area contributed by atoms with E-state index in [0.29, 0.717) is 0 Å². The number of nitrogens with zero attached hydrogens (tertiary/aromatic N) is 1. The summed E-state index contributed by atoms with van der Waals surface area (Å²) in [7, 11) is 0. The van der Waals surface area contributed by atoms with Gasteiger partial charge < -0.3 is 15.0 Å². The molecule has 2 rings (SSSR count). The van der Waals surface area contributed by atoms with E-state index in [1.54, 1.807) is 0 Å². The number of carbonyl (C=O) groups is 1. The first-order chi connectivity index (χ1) is 11.6. The average Bonchev–Trinajstić information content (AvgIpc) is 2.48. The van der Waals surface area contributed by atoms with Crippen LogP contribution >= 0.6 is 0 Å². The molecule has 25 heavy (non-hydrogen) atoms. The maximum atomic E-state index is 12.4. The Balaban J connectivity index is 1.91. The zero-order chi connectivity index (χ0) is 18.7. The second-order valence-electron chi connectivity index (χ2n) is 8.79. The summed E-state index contributed by atoms with van der Waals surface area (Å²) in [6.07, 6.45) is 1.97. The van der Waals surface area contributed by atoms with Gasteiger partial charge in [0.1, 0.15) is 5.60 Å². The molecule has 4 heteroatoms. The molecule has 4 nitrogen and oxygen atoms in total. The second kappa shape index (κ2) is 7.77. The minimum atomic E-state index is -0.439. The van der Waals surface area contributed by atoms with Crippen LogP contribution in [0.4, 0.5) is 4.79 Å². The zero-order valence-electron chi connectivity index (χ0n) is 16.7. The lowest BCUT2D eigenvalue weighted by atomic mass is 9.82. The number of hydrogen-bond acceptors (Lipinski definition) is 3. The number of amides is 1. The Morgan fingerprint density at radius 3 is 2.52 bits per heavy atom. The van der Waals surface area contributed by atoms with Gasteiger partial charge in [-0.2, -0.15) is 0 Å². The number of hydrogen-bond donors (Lipinski definition) is 1. The summed E-state index contributed by atoms with van der Waals surface area (Å²) in [4.78, 5) is 14.2. The fourth-order valence-electron chi connectivity index (χ4n) is 3.56. The highest BCUT2D eigenvalue weighted by molar-refractivity contribution is 5.68. The lowest BCUT2D eigenvalue weighted by molar-refractivity contribution is 0.00675. The molecule has 0 bridgehead atoms. The highest BCUT2D eigenvalue weighted by Gasteiger charge is 2.34. The molecule has 0 aromatic heterocycles. The molecule has 0 saturated carbocycles. The molecule has 1 aliphatic heterocycles. The number of aryl methyl sites for hydroxylation is 2. The predicted octanol–water partition coefficient (Wildman–Crippen LogP) is 4.43. The van der Waals surface area contributed by atoms with E-state index in [4.69, 9.17) is 4.74 Å². The Kier molecular flexibility index (Phi) is 6.15. The number of benzene rings is 1. The van der Waals surface area contributed by atoms with Gasteiger partial charge in [0, 0.05) is 26.2 Å². The minimum absolute atomic E-state index is 0.0890. The van der Waals surface area contributed by atoms with Crippen LogP contribution in [0.25, 0.3) is 0 Å². The van der Waals surface area contributed by atoms with E-state index in [-0.39, 0.29) is 11.5 Å². The Bertz CT molecular complexity index is 586. The molecule has 1 amide bonds. The summed E-state index contributed by atoms with van der Waals surface area (Å²) in [5.41, 5.74) is 3.69. The molecule has 1 fully saturated rings. The standard InChI is InChI=1S/C21H34N2O2/c1-16-9-7-10-17(2)18(16)13-22-14-21(6)11-8-12-23(15-21)19(24)25-20(3,4)5/h7,9-10,22H,8,11-15H2,1-6H3. The van der Waals surface area contributed by atoms with Crippen LogP contribution < -0.4 is 5.32 Å². The highest BCUT2D eigenvalue weighted by atomic mass is 16.6. The van der Waals surface area contributed by atoms with Crippen molar-refractivity contribution < 1.29 is 9.53 Å². The first kappa shape index (κ1) is 19.8. The number of likely N-dealkylation sites (tertiary alicyclic amines) is 1. The largest absolute Gasteiger partial charge is 0.444 e. The smallest absolute Gasteiger partial charge is 0.410 e. The van der Waals surface area contributed by atoms with Gasteiger partial charge in [0.2, 0.25) is 0 Å². The van der Waals surface area contributed by atoms with E-state index in [9.17, 15) is 4.79 Å². The van der Waals surface area contributed by atoms with Crippen molar-refractivity contribution in [2.45, 2.75) is 66.5 Å². The topological polar surface area (TPSA) is 41.6 Å². The van der Waals surface area contributed by atoms with Crippen LogP contribution in [0.15, 0.2) is 18.2 Å². The van der Waals surface area contributed by atoms with Crippen LogP contribution in [0.1, 0.15) is 57.2 Å². The molecule has 0 radical (unpaired) electrons. The first-order valence-corrected chi connectivity index (χ1v) is 9.33. The third-order valence-electron chi connectivity index (χ3n) is 4.93. The average molecular weight is 347 g/mol. The SMILES string of the molecule is Cc1cccc(C)c1CNCC1(C)CCCN(C(=O)OC(C)(C)C)C1. The van der Waals surface area contributed by atoms with Crippen LogP contribution in [-0.4, -0.2) is 36.2 Å². The lowest BCUT2D eigenvalue weighted by Crippen LogP contribution is -2.50. The van der Waals surface area contributed by atoms with Crippen LogP contribution in [0.3, 0.4) is 0 Å². The van der Waals surface area contributed by atoms with Crippen molar-refractivity contribution in [1.82, 2.24) is 10.2 Å². The number of carbonyl (C=O) groups excluding carboxylic acids is 1. The summed E-state index contributed by atoms with van der Waals surface area (Å²) >= 11 is 0. The molecule has 1 saturated heterocycles. The van der Waals surface area contributed by atoms with Crippen LogP contribution in [0.5, 0.6) is 0 Å². The van der Waals surface area contributed by atoms with Gasteiger partial charge in [0.15, 0.2) is 0 Å². The summed E-state index contributed by atoms with van der Waals surface area (Å²) in [5, 5.41) is 3.62. The fourth-order valence-corrected chi connectivity index (χ4v) is 3.56. The van der Waals surface area contributed by atoms with E-state index in [0.717, 1.165) is 39.0 Å². The number of nitrogens with one attached hydrogen (secondary N) is 1. The summed E-state index contributed by atoms with van der Waals surface area (Å²) < 4.78 is 5.54. The monoisotopic (exact) mass is 346 g/mol. The fraction of sp³-hybridized carbons (Fsp3) is 0.667. The van der Waals surface area contributed by atoms with Gasteiger partial charge in [-0.15, -0.1) is 0 Å².